The summed E-state index contributed by atoms with van der Waals surface area (Å²) < 4.78 is 4.52. The minimum atomic E-state index is -0.671. The van der Waals surface area contributed by atoms with Gasteiger partial charge in [0, 0.05) is 0 Å². The first-order valence-corrected chi connectivity index (χ1v) is 4.79. The molecule has 4 nitrogen and oxygen atoms in total. The molecule has 15 heavy (non-hydrogen) atoms. The topological polar surface area (TPSA) is 78.3 Å². The first kappa shape index (κ1) is 11.8. The lowest BCUT2D eigenvalue weighted by molar-refractivity contribution is -0.142. The molecule has 0 aliphatic rings. The molecule has 0 heterocycles. The highest BCUT2D eigenvalue weighted by molar-refractivity contribution is 6.33. The van der Waals surface area contributed by atoms with Gasteiger partial charge in [-0.3, -0.25) is 4.79 Å². The summed E-state index contributed by atoms with van der Waals surface area (Å²) in [5, 5.41) is 0.491. The van der Waals surface area contributed by atoms with Crippen molar-refractivity contribution in [3.8, 4) is 0 Å². The van der Waals surface area contributed by atoms with Gasteiger partial charge in [0.05, 0.1) is 17.8 Å². The quantitative estimate of drug-likeness (QED) is 0.597. The van der Waals surface area contributed by atoms with Crippen molar-refractivity contribution in [3.63, 3.8) is 0 Å². The number of nitrogen functional groups attached to an aromatic ring is 1. The van der Waals surface area contributed by atoms with Gasteiger partial charge in [-0.15, -0.1) is 0 Å². The molecular weight excluding hydrogens is 216 g/mol. The van der Waals surface area contributed by atoms with Crippen LogP contribution < -0.4 is 11.5 Å². The van der Waals surface area contributed by atoms with E-state index in [0.717, 1.165) is 5.56 Å². The number of halogens is 1. The second-order valence-corrected chi connectivity index (χ2v) is 3.60. The van der Waals surface area contributed by atoms with Crippen LogP contribution in [0.25, 0.3) is 0 Å². The van der Waals surface area contributed by atoms with Gasteiger partial charge < -0.3 is 16.2 Å². The Morgan fingerprint density at radius 3 is 2.80 bits per heavy atom. The minimum absolute atomic E-state index is 0.383. The normalized spacial score (nSPS) is 12.2. The Balaban J connectivity index is 2.73. The van der Waals surface area contributed by atoms with Crippen LogP contribution in [0.5, 0.6) is 0 Å². The van der Waals surface area contributed by atoms with Crippen molar-refractivity contribution < 1.29 is 9.53 Å². The largest absolute Gasteiger partial charge is 0.468 e. The van der Waals surface area contributed by atoms with E-state index in [0.29, 0.717) is 17.1 Å². The van der Waals surface area contributed by atoms with Crippen LogP contribution in [0, 0.1) is 0 Å². The van der Waals surface area contributed by atoms with Gasteiger partial charge in [-0.1, -0.05) is 17.7 Å². The lowest BCUT2D eigenvalue weighted by Crippen LogP contribution is -2.33. The molecule has 0 saturated heterocycles. The Kier molecular flexibility index (Phi) is 3.94. The number of carbonyl (C=O) groups is 1. The lowest BCUT2D eigenvalue weighted by Gasteiger charge is -2.09. The average Bonchev–Trinajstić information content (AvgIpc) is 2.22. The molecule has 0 aliphatic carbocycles. The molecular formula is C10H13ClN2O2. The number of esters is 1. The molecule has 0 saturated carbocycles. The molecule has 0 spiro atoms. The van der Waals surface area contributed by atoms with Gasteiger partial charge >= 0.3 is 5.97 Å². The third-order valence-electron chi connectivity index (χ3n) is 2.02. The molecule has 0 bridgehead atoms. The van der Waals surface area contributed by atoms with Crippen LogP contribution >= 0.6 is 11.6 Å². The SMILES string of the molecule is COC(=O)[C@H](N)Cc1ccc(Cl)c(N)c1. The summed E-state index contributed by atoms with van der Waals surface area (Å²) in [4.78, 5) is 11.1. The average molecular weight is 229 g/mol. The van der Waals surface area contributed by atoms with E-state index in [-0.39, 0.29) is 0 Å². The van der Waals surface area contributed by atoms with E-state index in [4.69, 9.17) is 23.1 Å². The summed E-state index contributed by atoms with van der Waals surface area (Å²) in [6.45, 7) is 0. The lowest BCUT2D eigenvalue weighted by atomic mass is 10.1. The Labute approximate surface area is 93.1 Å². The Bertz CT molecular complexity index is 368. The molecule has 5 heteroatoms. The number of hydrogen-bond donors (Lipinski definition) is 2. The molecule has 82 valence electrons. The van der Waals surface area contributed by atoms with Crippen molar-refractivity contribution in [2.75, 3.05) is 12.8 Å². The van der Waals surface area contributed by atoms with Gasteiger partial charge in [-0.05, 0) is 24.1 Å². The zero-order valence-electron chi connectivity index (χ0n) is 8.37. The predicted molar refractivity (Wildman–Crippen MR) is 59.6 cm³/mol. The number of methoxy groups -OCH3 is 1. The van der Waals surface area contributed by atoms with Crippen molar-refractivity contribution in [2.45, 2.75) is 12.5 Å². The van der Waals surface area contributed by atoms with Gasteiger partial charge in [-0.25, -0.2) is 0 Å². The molecule has 4 N–H and O–H groups in total. The van der Waals surface area contributed by atoms with E-state index in [1.54, 1.807) is 18.2 Å². The van der Waals surface area contributed by atoms with Crippen LogP contribution in [0.15, 0.2) is 18.2 Å². The first-order chi connectivity index (χ1) is 7.04. The molecule has 1 atom stereocenters. The van der Waals surface area contributed by atoms with Crippen molar-refractivity contribution in [1.29, 1.82) is 0 Å². The smallest absolute Gasteiger partial charge is 0.322 e. The number of rotatable bonds is 3. The van der Waals surface area contributed by atoms with E-state index in [9.17, 15) is 4.79 Å². The van der Waals surface area contributed by atoms with Crippen LogP contribution in [0.2, 0.25) is 5.02 Å². The molecule has 1 aromatic rings. The van der Waals surface area contributed by atoms with Crippen LogP contribution in [0.4, 0.5) is 5.69 Å². The van der Waals surface area contributed by atoms with Crippen LogP contribution in [0.1, 0.15) is 5.56 Å². The number of anilines is 1. The molecule has 0 amide bonds. The first-order valence-electron chi connectivity index (χ1n) is 4.42. The standard InChI is InChI=1S/C10H13ClN2O2/c1-15-10(14)9(13)5-6-2-3-7(11)8(12)4-6/h2-4,9H,5,12-13H2,1H3/t9-/m1/s1. The maximum Gasteiger partial charge on any atom is 0.322 e. The Hall–Kier alpha value is -1.26. The van der Waals surface area contributed by atoms with Gasteiger partial charge in [0.2, 0.25) is 0 Å². The molecule has 0 unspecified atom stereocenters. The molecule has 1 aromatic carbocycles. The highest BCUT2D eigenvalue weighted by Crippen LogP contribution is 2.20. The molecule has 1 rings (SSSR count). The van der Waals surface area contributed by atoms with Gasteiger partial charge in [-0.2, -0.15) is 0 Å². The van der Waals surface area contributed by atoms with Crippen molar-refractivity contribution in [3.05, 3.63) is 28.8 Å². The van der Waals surface area contributed by atoms with Gasteiger partial charge in [0.1, 0.15) is 6.04 Å². The summed E-state index contributed by atoms with van der Waals surface area (Å²) in [5.74, 6) is -0.441. The Morgan fingerprint density at radius 2 is 2.27 bits per heavy atom. The minimum Gasteiger partial charge on any atom is -0.468 e. The summed E-state index contributed by atoms with van der Waals surface area (Å²) in [6, 6.07) is 4.48. The van der Waals surface area contributed by atoms with Crippen molar-refractivity contribution in [2.24, 2.45) is 5.73 Å². The van der Waals surface area contributed by atoms with Crippen LogP contribution in [0.3, 0.4) is 0 Å². The maximum atomic E-state index is 11.1. The fourth-order valence-corrected chi connectivity index (χ4v) is 1.33. The summed E-state index contributed by atoms with van der Waals surface area (Å²) in [5.41, 5.74) is 12.5. The van der Waals surface area contributed by atoms with Crippen LogP contribution in [-0.2, 0) is 16.0 Å². The van der Waals surface area contributed by atoms with E-state index < -0.39 is 12.0 Å². The molecule has 0 aromatic heterocycles. The van der Waals surface area contributed by atoms with E-state index in [2.05, 4.69) is 4.74 Å². The predicted octanol–water partition coefficient (Wildman–Crippen LogP) is 0.965. The highest BCUT2D eigenvalue weighted by Gasteiger charge is 2.14. The number of nitrogens with two attached hydrogens (primary N) is 2. The molecule has 0 aliphatic heterocycles. The third-order valence-corrected chi connectivity index (χ3v) is 2.36. The summed E-state index contributed by atoms with van der Waals surface area (Å²) in [7, 11) is 1.30. The number of hydrogen-bond acceptors (Lipinski definition) is 4. The highest BCUT2D eigenvalue weighted by atomic mass is 35.5. The molecule has 0 fully saturated rings. The van der Waals surface area contributed by atoms with Gasteiger partial charge in [0.25, 0.3) is 0 Å². The second kappa shape index (κ2) is 5.00. The zero-order chi connectivity index (χ0) is 11.4. The van der Waals surface area contributed by atoms with Crippen LogP contribution in [-0.4, -0.2) is 19.1 Å². The zero-order valence-corrected chi connectivity index (χ0v) is 9.12. The fourth-order valence-electron chi connectivity index (χ4n) is 1.21. The van der Waals surface area contributed by atoms with Gasteiger partial charge in [0.15, 0.2) is 0 Å². The third kappa shape index (κ3) is 3.11. The van der Waals surface area contributed by atoms with E-state index in [1.165, 1.54) is 7.11 Å². The second-order valence-electron chi connectivity index (χ2n) is 3.19. The summed E-state index contributed by atoms with van der Waals surface area (Å²) >= 11 is 5.76. The number of benzene rings is 1. The Morgan fingerprint density at radius 1 is 1.60 bits per heavy atom. The van der Waals surface area contributed by atoms with E-state index in [1.807, 2.05) is 0 Å². The van der Waals surface area contributed by atoms with E-state index >= 15 is 0 Å². The number of ether oxygens (including phenoxy) is 1. The summed E-state index contributed by atoms with van der Waals surface area (Å²) in [6.07, 6.45) is 0.383. The number of carbonyl (C=O) groups excluding carboxylic acids is 1. The van der Waals surface area contributed by atoms with Crippen molar-refractivity contribution in [1.82, 2.24) is 0 Å². The maximum absolute atomic E-state index is 11.1. The van der Waals surface area contributed by atoms with Crippen molar-refractivity contribution >= 4 is 23.3 Å². The fraction of sp³-hybridized carbons (Fsp3) is 0.300. The monoisotopic (exact) mass is 228 g/mol. The molecule has 0 radical (unpaired) electrons.